The molecule has 0 bridgehead atoms. The minimum Gasteiger partial charge on any atom is -0.456 e. The van der Waals surface area contributed by atoms with Gasteiger partial charge in [-0.2, -0.15) is 0 Å². The van der Waals surface area contributed by atoms with Crippen LogP contribution in [0.4, 0.5) is 0 Å². The smallest absolute Gasteiger partial charge is 0.136 e. The predicted octanol–water partition coefficient (Wildman–Crippen LogP) is 12.1. The number of fused-ring (bicyclic) bond motifs is 4. The van der Waals surface area contributed by atoms with Crippen LogP contribution in [0.5, 0.6) is 0 Å². The highest BCUT2D eigenvalue weighted by Gasteiger charge is 2.28. The fraction of sp³-hybridized carbons (Fsp3) is 0.0408. The van der Waals surface area contributed by atoms with Crippen molar-refractivity contribution in [2.45, 2.75) is 12.3 Å². The number of hydrogen-bond donors (Lipinski definition) is 2. The maximum atomic E-state index is 6.57. The largest absolute Gasteiger partial charge is 0.456 e. The maximum Gasteiger partial charge on any atom is 0.136 e. The maximum absolute atomic E-state index is 6.57. The summed E-state index contributed by atoms with van der Waals surface area (Å²) in [6, 6.07) is 66.4. The molecule has 4 heteroatoms. The van der Waals surface area contributed by atoms with Crippen molar-refractivity contribution in [2.75, 3.05) is 0 Å². The van der Waals surface area contributed by atoms with Gasteiger partial charge in [0.05, 0.1) is 0 Å². The van der Waals surface area contributed by atoms with E-state index in [9.17, 15) is 0 Å². The molecule has 4 nitrogen and oxygen atoms in total. The number of amidine groups is 1. The summed E-state index contributed by atoms with van der Waals surface area (Å²) in [7, 11) is 0. The van der Waals surface area contributed by atoms with Crippen LogP contribution in [-0.2, 0) is 0 Å². The second-order valence-electron chi connectivity index (χ2n) is 13.7. The van der Waals surface area contributed by atoms with Crippen molar-refractivity contribution in [3.05, 3.63) is 205 Å². The Morgan fingerprint density at radius 3 is 1.75 bits per heavy atom. The third kappa shape index (κ3) is 5.85. The summed E-state index contributed by atoms with van der Waals surface area (Å²) in [5.41, 5.74) is 12.1. The van der Waals surface area contributed by atoms with E-state index in [1.807, 2.05) is 12.1 Å². The first-order valence-corrected chi connectivity index (χ1v) is 18.1. The molecule has 0 radical (unpaired) electrons. The lowest BCUT2D eigenvalue weighted by Gasteiger charge is -2.32. The van der Waals surface area contributed by atoms with Gasteiger partial charge in [0.2, 0.25) is 0 Å². The van der Waals surface area contributed by atoms with Crippen LogP contribution >= 0.6 is 0 Å². The fourth-order valence-electron chi connectivity index (χ4n) is 7.64. The van der Waals surface area contributed by atoms with E-state index in [-0.39, 0.29) is 12.3 Å². The number of aliphatic imine (C=N–C) groups is 1. The van der Waals surface area contributed by atoms with Crippen molar-refractivity contribution in [3.63, 3.8) is 0 Å². The Bertz CT molecular complexity index is 2770. The molecule has 9 aromatic rings. The Hall–Kier alpha value is -6.75. The Morgan fingerprint density at radius 2 is 1.02 bits per heavy atom. The van der Waals surface area contributed by atoms with Gasteiger partial charge >= 0.3 is 0 Å². The third-order valence-corrected chi connectivity index (χ3v) is 10.4. The number of hydrogen-bond acceptors (Lipinski definition) is 4. The van der Waals surface area contributed by atoms with Gasteiger partial charge in [-0.05, 0) is 80.0 Å². The van der Waals surface area contributed by atoms with Gasteiger partial charge in [0.1, 0.15) is 29.3 Å². The molecular formula is C49H35N3O. The molecule has 2 atom stereocenters. The summed E-state index contributed by atoms with van der Waals surface area (Å²) < 4.78 is 6.57. The van der Waals surface area contributed by atoms with Crippen LogP contribution in [0.15, 0.2) is 197 Å². The van der Waals surface area contributed by atoms with E-state index in [1.165, 1.54) is 33.0 Å². The molecule has 0 spiro atoms. The van der Waals surface area contributed by atoms with Crippen LogP contribution in [0.25, 0.3) is 66.1 Å². The van der Waals surface area contributed by atoms with E-state index < -0.39 is 0 Å². The second kappa shape index (κ2) is 13.1. The van der Waals surface area contributed by atoms with Crippen LogP contribution in [0.1, 0.15) is 29.0 Å². The van der Waals surface area contributed by atoms with E-state index in [0.29, 0.717) is 0 Å². The van der Waals surface area contributed by atoms with Crippen molar-refractivity contribution in [3.8, 4) is 33.4 Å². The first-order chi connectivity index (χ1) is 26.2. The first-order valence-electron chi connectivity index (χ1n) is 18.1. The van der Waals surface area contributed by atoms with Crippen LogP contribution in [-0.4, -0.2) is 5.84 Å². The van der Waals surface area contributed by atoms with Gasteiger partial charge in [-0.1, -0.05) is 158 Å². The molecule has 53 heavy (non-hydrogen) atoms. The Morgan fingerprint density at radius 1 is 0.434 bits per heavy atom. The molecule has 2 unspecified atom stereocenters. The topological polar surface area (TPSA) is 49.6 Å². The van der Waals surface area contributed by atoms with Crippen LogP contribution < -0.4 is 10.6 Å². The standard InChI is InChI=1S/C49H35N3O/c1-4-11-32(12-5-1)34-19-21-35(22-20-34)39-27-28-42-45(31-39)53-44-18-10-17-43(46(42)44)49-51-47(37-15-8-3-9-16-37)50-48(52-49)40-26-24-36-23-25-38(29-41(36)30-40)33-13-6-2-7-14-33/h1-31,48-49,52H,(H,50,51). The van der Waals surface area contributed by atoms with E-state index in [4.69, 9.17) is 9.41 Å². The molecule has 0 saturated carbocycles. The molecule has 252 valence electrons. The van der Waals surface area contributed by atoms with Gasteiger partial charge in [0, 0.05) is 21.9 Å². The van der Waals surface area contributed by atoms with Crippen LogP contribution in [0, 0.1) is 0 Å². The molecule has 2 heterocycles. The summed E-state index contributed by atoms with van der Waals surface area (Å²) in [6.45, 7) is 0. The number of benzene rings is 8. The average molecular weight is 682 g/mol. The minimum absolute atomic E-state index is 0.228. The SMILES string of the molecule is c1ccc(C2=NC(c3ccc4ccc(-c5ccccc5)cc4c3)NC(c3cccc4oc5cc(-c6ccc(-c7ccccc7)cc6)ccc5c34)N2)cc1. The van der Waals surface area contributed by atoms with Gasteiger partial charge in [-0.25, -0.2) is 4.99 Å². The van der Waals surface area contributed by atoms with Crippen LogP contribution in [0.3, 0.4) is 0 Å². The quantitative estimate of drug-likeness (QED) is 0.184. The Kier molecular flexibility index (Phi) is 7.67. The molecule has 8 aromatic carbocycles. The van der Waals surface area contributed by atoms with E-state index >= 15 is 0 Å². The third-order valence-electron chi connectivity index (χ3n) is 10.4. The molecule has 10 rings (SSSR count). The zero-order valence-corrected chi connectivity index (χ0v) is 28.9. The zero-order chi connectivity index (χ0) is 35.1. The fourth-order valence-corrected chi connectivity index (χ4v) is 7.64. The lowest BCUT2D eigenvalue weighted by Crippen LogP contribution is -2.45. The monoisotopic (exact) mass is 681 g/mol. The molecule has 1 aromatic heterocycles. The van der Waals surface area contributed by atoms with Crippen LogP contribution in [0.2, 0.25) is 0 Å². The predicted molar refractivity (Wildman–Crippen MR) is 219 cm³/mol. The van der Waals surface area contributed by atoms with Gasteiger partial charge < -0.3 is 9.73 Å². The van der Waals surface area contributed by atoms with Gasteiger partial charge in [-0.3, -0.25) is 5.32 Å². The van der Waals surface area contributed by atoms with Crippen molar-refractivity contribution < 1.29 is 4.42 Å². The number of nitrogens with one attached hydrogen (secondary N) is 2. The van der Waals surface area contributed by atoms with Gasteiger partial charge in [0.25, 0.3) is 0 Å². The van der Waals surface area contributed by atoms with Gasteiger partial charge in [-0.15, -0.1) is 0 Å². The highest BCUT2D eigenvalue weighted by Crippen LogP contribution is 2.38. The average Bonchev–Trinajstić information content (AvgIpc) is 3.62. The zero-order valence-electron chi connectivity index (χ0n) is 28.9. The van der Waals surface area contributed by atoms with E-state index in [0.717, 1.165) is 55.6 Å². The molecular weight excluding hydrogens is 647 g/mol. The molecule has 0 amide bonds. The second-order valence-corrected chi connectivity index (χ2v) is 13.7. The van der Waals surface area contributed by atoms with E-state index in [2.05, 4.69) is 187 Å². The highest BCUT2D eigenvalue weighted by molar-refractivity contribution is 6.08. The Labute approximate surface area is 308 Å². The molecule has 0 aliphatic carbocycles. The normalized spacial score (nSPS) is 15.7. The summed E-state index contributed by atoms with van der Waals surface area (Å²) in [5.74, 6) is 0.850. The number of nitrogens with zero attached hydrogens (tertiary/aromatic N) is 1. The first kappa shape index (κ1) is 31.0. The number of rotatable bonds is 6. The van der Waals surface area contributed by atoms with Crippen molar-refractivity contribution in [1.82, 2.24) is 10.6 Å². The van der Waals surface area contributed by atoms with Crippen molar-refractivity contribution in [1.29, 1.82) is 0 Å². The molecule has 1 aliphatic rings. The van der Waals surface area contributed by atoms with E-state index in [1.54, 1.807) is 0 Å². The van der Waals surface area contributed by atoms with Crippen molar-refractivity contribution in [2.24, 2.45) is 4.99 Å². The summed E-state index contributed by atoms with van der Waals surface area (Å²) in [5, 5.41) is 12.2. The molecule has 2 N–H and O–H groups in total. The van der Waals surface area contributed by atoms with Crippen molar-refractivity contribution >= 4 is 38.5 Å². The molecule has 0 saturated heterocycles. The Balaban J connectivity index is 1.03. The minimum atomic E-state index is -0.278. The lowest BCUT2D eigenvalue weighted by molar-refractivity contribution is 0.411. The summed E-state index contributed by atoms with van der Waals surface area (Å²) >= 11 is 0. The number of furan rings is 1. The lowest BCUT2D eigenvalue weighted by atomic mass is 9.97. The highest BCUT2D eigenvalue weighted by atomic mass is 16.3. The molecule has 1 aliphatic heterocycles. The summed E-state index contributed by atoms with van der Waals surface area (Å²) in [4.78, 5) is 5.26. The molecule has 0 fully saturated rings. The summed E-state index contributed by atoms with van der Waals surface area (Å²) in [6.07, 6.45) is -0.506. The van der Waals surface area contributed by atoms with Gasteiger partial charge in [0.15, 0.2) is 0 Å².